The Bertz CT molecular complexity index is 597. The van der Waals surface area contributed by atoms with Gasteiger partial charge < -0.3 is 20.4 Å². The van der Waals surface area contributed by atoms with Gasteiger partial charge in [-0.25, -0.2) is 9.78 Å². The third kappa shape index (κ3) is 4.95. The molecule has 0 bridgehead atoms. The molecule has 1 aromatic carbocycles. The van der Waals surface area contributed by atoms with Crippen LogP contribution >= 0.6 is 0 Å². The van der Waals surface area contributed by atoms with Gasteiger partial charge in [-0.2, -0.15) is 0 Å². The number of hydrogen-bond acceptors (Lipinski definition) is 4. The Labute approximate surface area is 130 Å². The zero-order valence-electron chi connectivity index (χ0n) is 13.6. The summed E-state index contributed by atoms with van der Waals surface area (Å²) < 4.78 is 5.20. The number of para-hydroxylation sites is 2. The van der Waals surface area contributed by atoms with E-state index in [4.69, 9.17) is 4.74 Å². The number of alkyl carbamates (subject to hydrolysis) is 1. The minimum absolute atomic E-state index is 0.251. The maximum atomic E-state index is 11.6. The number of carbonyl (C=O) groups is 1. The van der Waals surface area contributed by atoms with Gasteiger partial charge >= 0.3 is 6.09 Å². The first-order valence-corrected chi connectivity index (χ1v) is 7.49. The summed E-state index contributed by atoms with van der Waals surface area (Å²) in [5.41, 5.74) is 1.47. The van der Waals surface area contributed by atoms with Crippen LogP contribution in [0.25, 0.3) is 11.0 Å². The fourth-order valence-corrected chi connectivity index (χ4v) is 1.95. The fourth-order valence-electron chi connectivity index (χ4n) is 1.95. The zero-order chi connectivity index (χ0) is 16.2. The van der Waals surface area contributed by atoms with Gasteiger partial charge in [0.1, 0.15) is 5.60 Å². The number of aromatic amines is 1. The Morgan fingerprint density at radius 2 is 2.05 bits per heavy atom. The van der Waals surface area contributed by atoms with E-state index in [0.717, 1.165) is 17.0 Å². The fraction of sp³-hybridized carbons (Fsp3) is 0.500. The number of rotatable bonds is 5. The van der Waals surface area contributed by atoms with E-state index in [1.165, 1.54) is 0 Å². The molecule has 0 aliphatic heterocycles. The largest absolute Gasteiger partial charge is 0.444 e. The molecule has 6 heteroatoms. The average Bonchev–Trinajstić information content (AvgIpc) is 2.84. The molecule has 3 N–H and O–H groups in total. The number of H-pyrrole nitrogens is 1. The van der Waals surface area contributed by atoms with Crippen LogP contribution in [0.5, 0.6) is 0 Å². The third-order valence-corrected chi connectivity index (χ3v) is 3.00. The van der Waals surface area contributed by atoms with Gasteiger partial charge in [-0.1, -0.05) is 19.1 Å². The number of anilines is 1. The van der Waals surface area contributed by atoms with Crippen LogP contribution in [0.4, 0.5) is 10.7 Å². The van der Waals surface area contributed by atoms with E-state index in [-0.39, 0.29) is 12.0 Å². The maximum absolute atomic E-state index is 11.6. The second kappa shape index (κ2) is 6.68. The van der Waals surface area contributed by atoms with Gasteiger partial charge in [0, 0.05) is 13.1 Å². The first-order chi connectivity index (χ1) is 10.3. The molecule has 22 heavy (non-hydrogen) atoms. The van der Waals surface area contributed by atoms with Crippen molar-refractivity contribution in [3.8, 4) is 0 Å². The number of imidazole rings is 1. The van der Waals surface area contributed by atoms with E-state index in [9.17, 15) is 4.79 Å². The highest BCUT2D eigenvalue weighted by molar-refractivity contribution is 5.77. The van der Waals surface area contributed by atoms with Gasteiger partial charge in [0.15, 0.2) is 0 Å². The van der Waals surface area contributed by atoms with Gasteiger partial charge in [-0.05, 0) is 38.8 Å². The molecule has 6 nitrogen and oxygen atoms in total. The molecule has 1 aromatic heterocycles. The molecule has 0 saturated carbocycles. The Hall–Kier alpha value is -2.24. The van der Waals surface area contributed by atoms with E-state index < -0.39 is 5.60 Å². The van der Waals surface area contributed by atoms with Crippen molar-refractivity contribution in [2.45, 2.75) is 33.3 Å². The lowest BCUT2D eigenvalue weighted by Gasteiger charge is -2.20. The lowest BCUT2D eigenvalue weighted by molar-refractivity contribution is 0.0521. The smallest absolute Gasteiger partial charge is 0.407 e. The van der Waals surface area contributed by atoms with Gasteiger partial charge in [0.25, 0.3) is 0 Å². The molecule has 120 valence electrons. The van der Waals surface area contributed by atoms with Gasteiger partial charge in [-0.15, -0.1) is 0 Å². The van der Waals surface area contributed by atoms with E-state index in [1.807, 2.05) is 52.0 Å². The molecular weight excluding hydrogens is 280 g/mol. The van der Waals surface area contributed by atoms with Crippen molar-refractivity contribution in [3.05, 3.63) is 24.3 Å². The number of amides is 1. The number of carbonyl (C=O) groups excluding carboxylic acids is 1. The quantitative estimate of drug-likeness (QED) is 0.793. The van der Waals surface area contributed by atoms with Crippen LogP contribution < -0.4 is 10.6 Å². The first-order valence-electron chi connectivity index (χ1n) is 7.49. The number of nitrogens with zero attached hydrogens (tertiary/aromatic N) is 1. The topological polar surface area (TPSA) is 79.0 Å². The van der Waals surface area contributed by atoms with E-state index in [0.29, 0.717) is 13.1 Å². The van der Waals surface area contributed by atoms with Gasteiger partial charge in [0.2, 0.25) is 5.95 Å². The van der Waals surface area contributed by atoms with Crippen LogP contribution in [0.15, 0.2) is 24.3 Å². The summed E-state index contributed by atoms with van der Waals surface area (Å²) in [6, 6.07) is 7.88. The SMILES string of the molecule is CC(CNC(=O)OC(C)(C)C)CNc1nc2ccccc2[nH]1. The summed E-state index contributed by atoms with van der Waals surface area (Å²) >= 11 is 0. The highest BCUT2D eigenvalue weighted by Crippen LogP contribution is 2.13. The Morgan fingerprint density at radius 1 is 1.32 bits per heavy atom. The van der Waals surface area contributed by atoms with Crippen molar-refractivity contribution in [1.29, 1.82) is 0 Å². The number of fused-ring (bicyclic) bond motifs is 1. The van der Waals surface area contributed by atoms with Crippen LogP contribution in [0, 0.1) is 5.92 Å². The van der Waals surface area contributed by atoms with Crippen LogP contribution in [0.1, 0.15) is 27.7 Å². The Kier molecular flexibility index (Phi) is 4.90. The second-order valence-electron chi connectivity index (χ2n) is 6.47. The van der Waals surface area contributed by atoms with Crippen LogP contribution in [-0.2, 0) is 4.74 Å². The molecule has 1 atom stereocenters. The van der Waals surface area contributed by atoms with Gasteiger partial charge in [0.05, 0.1) is 11.0 Å². The molecule has 0 aliphatic rings. The molecule has 1 amide bonds. The highest BCUT2D eigenvalue weighted by Gasteiger charge is 2.16. The minimum atomic E-state index is -0.472. The molecular formula is C16H24N4O2. The second-order valence-corrected chi connectivity index (χ2v) is 6.47. The lowest BCUT2D eigenvalue weighted by Crippen LogP contribution is -2.36. The number of aromatic nitrogens is 2. The predicted molar refractivity (Wildman–Crippen MR) is 88.0 cm³/mol. The monoisotopic (exact) mass is 304 g/mol. The summed E-state index contributed by atoms with van der Waals surface area (Å²) in [7, 11) is 0. The zero-order valence-corrected chi connectivity index (χ0v) is 13.6. The number of hydrogen-bond donors (Lipinski definition) is 3. The van der Waals surface area contributed by atoms with Crippen LogP contribution in [0.2, 0.25) is 0 Å². The molecule has 1 heterocycles. The van der Waals surface area contributed by atoms with Crippen molar-refractivity contribution in [1.82, 2.24) is 15.3 Å². The van der Waals surface area contributed by atoms with E-state index in [2.05, 4.69) is 20.6 Å². The highest BCUT2D eigenvalue weighted by atomic mass is 16.6. The standard InChI is InChI=1S/C16H24N4O2/c1-11(10-18-15(21)22-16(2,3)4)9-17-14-19-12-7-5-6-8-13(12)20-14/h5-8,11H,9-10H2,1-4H3,(H,18,21)(H2,17,19,20). The normalized spacial score (nSPS) is 12.9. The molecule has 0 saturated heterocycles. The number of nitrogens with one attached hydrogen (secondary N) is 3. The first kappa shape index (κ1) is 16.1. The van der Waals surface area contributed by atoms with Crippen molar-refractivity contribution >= 4 is 23.1 Å². The summed E-state index contributed by atoms with van der Waals surface area (Å²) in [4.78, 5) is 19.2. The van der Waals surface area contributed by atoms with E-state index >= 15 is 0 Å². The van der Waals surface area contributed by atoms with Crippen LogP contribution in [0.3, 0.4) is 0 Å². The van der Waals surface area contributed by atoms with Crippen molar-refractivity contribution in [2.75, 3.05) is 18.4 Å². The van der Waals surface area contributed by atoms with Crippen molar-refractivity contribution in [2.24, 2.45) is 5.92 Å². The predicted octanol–water partition coefficient (Wildman–Crippen LogP) is 3.14. The summed E-state index contributed by atoms with van der Waals surface area (Å²) in [6.07, 6.45) is -0.386. The Morgan fingerprint density at radius 3 is 2.73 bits per heavy atom. The molecule has 0 aliphatic carbocycles. The average molecular weight is 304 g/mol. The van der Waals surface area contributed by atoms with Crippen LogP contribution in [-0.4, -0.2) is 34.8 Å². The van der Waals surface area contributed by atoms with Crippen molar-refractivity contribution in [3.63, 3.8) is 0 Å². The van der Waals surface area contributed by atoms with Gasteiger partial charge in [-0.3, -0.25) is 0 Å². The summed E-state index contributed by atoms with van der Waals surface area (Å²) in [5.74, 6) is 0.992. The molecule has 0 radical (unpaired) electrons. The number of ether oxygens (including phenoxy) is 1. The van der Waals surface area contributed by atoms with Crippen molar-refractivity contribution < 1.29 is 9.53 Å². The molecule has 1 unspecified atom stereocenters. The summed E-state index contributed by atoms with van der Waals surface area (Å²) in [5, 5.41) is 6.02. The summed E-state index contributed by atoms with van der Waals surface area (Å²) in [6.45, 7) is 8.84. The number of benzene rings is 1. The molecule has 2 rings (SSSR count). The molecule has 0 spiro atoms. The third-order valence-electron chi connectivity index (χ3n) is 3.00. The Balaban J connectivity index is 1.75. The maximum Gasteiger partial charge on any atom is 0.407 e. The lowest BCUT2D eigenvalue weighted by atomic mass is 10.2. The molecule has 2 aromatic rings. The molecule has 0 fully saturated rings. The minimum Gasteiger partial charge on any atom is -0.444 e. The van der Waals surface area contributed by atoms with E-state index in [1.54, 1.807) is 0 Å².